The standard InChI is InChI=1S/C28H29N3O4/c1-18(17-34-2)35-26(32)15-21-7-3-4-9-25(21)31-28(33)23-13-22-10-11-30-27(22)24(14-23)20-8-5-6-19(12-20)16-29/h3-14,18,30H,15-17,29H2,1-2H3,(H,31,33). The summed E-state index contributed by atoms with van der Waals surface area (Å²) in [6.45, 7) is 2.53. The van der Waals surface area contributed by atoms with Crippen molar-refractivity contribution < 1.29 is 19.1 Å². The number of nitrogens with two attached hydrogens (primary N) is 1. The quantitative estimate of drug-likeness (QED) is 0.308. The lowest BCUT2D eigenvalue weighted by atomic mass is 9.98. The maximum Gasteiger partial charge on any atom is 0.310 e. The lowest BCUT2D eigenvalue weighted by Crippen LogP contribution is -2.21. The van der Waals surface area contributed by atoms with Gasteiger partial charge in [-0.3, -0.25) is 9.59 Å². The predicted octanol–water partition coefficient (Wildman–Crippen LogP) is 4.67. The van der Waals surface area contributed by atoms with Gasteiger partial charge >= 0.3 is 5.97 Å². The van der Waals surface area contributed by atoms with Crippen LogP contribution in [0, 0.1) is 0 Å². The van der Waals surface area contributed by atoms with Crippen LogP contribution in [0.4, 0.5) is 5.69 Å². The van der Waals surface area contributed by atoms with Gasteiger partial charge in [-0.05, 0) is 53.9 Å². The lowest BCUT2D eigenvalue weighted by molar-refractivity contribution is -0.149. The van der Waals surface area contributed by atoms with Crippen LogP contribution in [0.3, 0.4) is 0 Å². The first-order valence-corrected chi connectivity index (χ1v) is 11.5. The number of para-hydroxylation sites is 1. The molecule has 0 spiro atoms. The Kier molecular flexibility index (Phi) is 7.60. The summed E-state index contributed by atoms with van der Waals surface area (Å²) in [7, 11) is 1.56. The summed E-state index contributed by atoms with van der Waals surface area (Å²) in [5, 5.41) is 3.89. The number of hydrogen-bond acceptors (Lipinski definition) is 5. The van der Waals surface area contributed by atoms with Gasteiger partial charge in [0, 0.05) is 42.1 Å². The number of amides is 1. The zero-order valence-corrected chi connectivity index (χ0v) is 19.8. The van der Waals surface area contributed by atoms with Gasteiger partial charge < -0.3 is 25.5 Å². The van der Waals surface area contributed by atoms with Crippen LogP contribution in [-0.4, -0.2) is 36.7 Å². The molecule has 0 fully saturated rings. The molecule has 7 nitrogen and oxygen atoms in total. The van der Waals surface area contributed by atoms with Crippen LogP contribution in [0.15, 0.2) is 72.9 Å². The largest absolute Gasteiger partial charge is 0.460 e. The third kappa shape index (κ3) is 5.77. The normalized spacial score (nSPS) is 11.9. The van der Waals surface area contributed by atoms with Crippen LogP contribution in [0.25, 0.3) is 22.0 Å². The van der Waals surface area contributed by atoms with Gasteiger partial charge in [0.05, 0.1) is 18.5 Å². The van der Waals surface area contributed by atoms with E-state index in [1.807, 2.05) is 60.8 Å². The van der Waals surface area contributed by atoms with Gasteiger partial charge in [-0.1, -0.05) is 36.4 Å². The molecule has 0 aliphatic rings. The molecule has 35 heavy (non-hydrogen) atoms. The number of anilines is 1. The van der Waals surface area contributed by atoms with Crippen LogP contribution in [-0.2, 0) is 27.2 Å². The summed E-state index contributed by atoms with van der Waals surface area (Å²) >= 11 is 0. The Hall–Kier alpha value is -3.94. The van der Waals surface area contributed by atoms with Gasteiger partial charge in [-0.2, -0.15) is 0 Å². The Morgan fingerprint density at radius 3 is 2.69 bits per heavy atom. The number of rotatable bonds is 9. The van der Waals surface area contributed by atoms with Crippen molar-refractivity contribution in [1.82, 2.24) is 4.98 Å². The van der Waals surface area contributed by atoms with E-state index in [9.17, 15) is 9.59 Å². The molecule has 7 heteroatoms. The van der Waals surface area contributed by atoms with Crippen molar-refractivity contribution in [2.24, 2.45) is 5.73 Å². The molecule has 1 atom stereocenters. The van der Waals surface area contributed by atoms with E-state index in [2.05, 4.69) is 10.3 Å². The second-order valence-corrected chi connectivity index (χ2v) is 8.41. The number of nitrogens with one attached hydrogen (secondary N) is 2. The van der Waals surface area contributed by atoms with Crippen molar-refractivity contribution >= 4 is 28.5 Å². The summed E-state index contributed by atoms with van der Waals surface area (Å²) in [5.74, 6) is -0.648. The van der Waals surface area contributed by atoms with Crippen molar-refractivity contribution in [3.05, 3.63) is 89.6 Å². The highest BCUT2D eigenvalue weighted by Crippen LogP contribution is 2.30. The van der Waals surface area contributed by atoms with Crippen molar-refractivity contribution in [3.8, 4) is 11.1 Å². The molecule has 1 unspecified atom stereocenters. The van der Waals surface area contributed by atoms with E-state index >= 15 is 0 Å². The van der Waals surface area contributed by atoms with E-state index in [1.165, 1.54) is 0 Å². The predicted molar refractivity (Wildman–Crippen MR) is 137 cm³/mol. The molecular formula is C28H29N3O4. The van der Waals surface area contributed by atoms with Crippen LogP contribution in [0.5, 0.6) is 0 Å². The van der Waals surface area contributed by atoms with Gasteiger partial charge in [0.15, 0.2) is 0 Å². The van der Waals surface area contributed by atoms with Crippen LogP contribution in [0.2, 0.25) is 0 Å². The number of carbonyl (C=O) groups is 2. The molecule has 0 saturated carbocycles. The first-order chi connectivity index (χ1) is 17.0. The zero-order valence-electron chi connectivity index (χ0n) is 19.8. The number of carbonyl (C=O) groups excluding carboxylic acids is 2. The average molecular weight is 472 g/mol. The molecule has 1 amide bonds. The molecule has 0 aliphatic heterocycles. The molecule has 0 bridgehead atoms. The number of fused-ring (bicyclic) bond motifs is 1. The minimum absolute atomic E-state index is 0.0402. The smallest absolute Gasteiger partial charge is 0.310 e. The molecule has 180 valence electrons. The first-order valence-electron chi connectivity index (χ1n) is 11.5. The van der Waals surface area contributed by atoms with Gasteiger partial charge in [0.25, 0.3) is 5.91 Å². The third-order valence-corrected chi connectivity index (χ3v) is 5.73. The minimum atomic E-state index is -0.382. The second kappa shape index (κ2) is 11.0. The maximum atomic E-state index is 13.3. The fourth-order valence-corrected chi connectivity index (χ4v) is 4.08. The van der Waals surface area contributed by atoms with E-state index in [1.54, 1.807) is 26.2 Å². The monoisotopic (exact) mass is 471 g/mol. The number of methoxy groups -OCH3 is 1. The van der Waals surface area contributed by atoms with Crippen molar-refractivity contribution in [3.63, 3.8) is 0 Å². The summed E-state index contributed by atoms with van der Waals surface area (Å²) in [6, 6.07) is 20.8. The Morgan fingerprint density at radius 2 is 1.89 bits per heavy atom. The molecule has 4 rings (SSSR count). The molecule has 4 aromatic rings. The van der Waals surface area contributed by atoms with Gasteiger partial charge in [0.2, 0.25) is 0 Å². The molecule has 0 aliphatic carbocycles. The Balaban J connectivity index is 1.60. The van der Waals surface area contributed by atoms with E-state index in [0.29, 0.717) is 30.0 Å². The Labute approximate surface area is 204 Å². The number of aromatic nitrogens is 1. The van der Waals surface area contributed by atoms with Crippen molar-refractivity contribution in [1.29, 1.82) is 0 Å². The Morgan fingerprint density at radius 1 is 1.06 bits per heavy atom. The molecule has 0 radical (unpaired) electrons. The summed E-state index contributed by atoms with van der Waals surface area (Å²) in [4.78, 5) is 29.0. The number of hydrogen-bond donors (Lipinski definition) is 3. The number of esters is 1. The van der Waals surface area contributed by atoms with E-state index in [0.717, 1.165) is 27.6 Å². The highest BCUT2D eigenvalue weighted by molar-refractivity contribution is 6.09. The van der Waals surface area contributed by atoms with Crippen LogP contribution in [0.1, 0.15) is 28.4 Å². The Bertz CT molecular complexity index is 1350. The van der Waals surface area contributed by atoms with Crippen LogP contribution < -0.4 is 11.1 Å². The van der Waals surface area contributed by atoms with Crippen molar-refractivity contribution in [2.45, 2.75) is 26.0 Å². The number of H-pyrrole nitrogens is 1. The maximum absolute atomic E-state index is 13.3. The fourth-order valence-electron chi connectivity index (χ4n) is 4.08. The number of ether oxygens (including phenoxy) is 2. The topological polar surface area (TPSA) is 106 Å². The molecule has 4 N–H and O–H groups in total. The van der Waals surface area contributed by atoms with Gasteiger partial charge in [-0.25, -0.2) is 0 Å². The second-order valence-electron chi connectivity index (χ2n) is 8.41. The van der Waals surface area contributed by atoms with Gasteiger partial charge in [0.1, 0.15) is 6.10 Å². The van der Waals surface area contributed by atoms with E-state index < -0.39 is 0 Å². The highest BCUT2D eigenvalue weighted by Gasteiger charge is 2.17. The third-order valence-electron chi connectivity index (χ3n) is 5.73. The number of benzene rings is 3. The van der Waals surface area contributed by atoms with E-state index in [4.69, 9.17) is 15.2 Å². The number of aromatic amines is 1. The fraction of sp³-hybridized carbons (Fsp3) is 0.214. The average Bonchev–Trinajstić information content (AvgIpc) is 3.33. The van der Waals surface area contributed by atoms with Gasteiger partial charge in [-0.15, -0.1) is 0 Å². The van der Waals surface area contributed by atoms with Crippen LogP contribution >= 0.6 is 0 Å². The zero-order chi connectivity index (χ0) is 24.8. The molecule has 3 aromatic carbocycles. The molecule has 0 saturated heterocycles. The lowest BCUT2D eigenvalue weighted by Gasteiger charge is -2.15. The van der Waals surface area contributed by atoms with E-state index in [-0.39, 0.29) is 24.4 Å². The summed E-state index contributed by atoms with van der Waals surface area (Å²) in [6.07, 6.45) is 1.55. The minimum Gasteiger partial charge on any atom is -0.460 e. The highest BCUT2D eigenvalue weighted by atomic mass is 16.6. The summed E-state index contributed by atoms with van der Waals surface area (Å²) < 4.78 is 10.4. The first kappa shape index (κ1) is 24.2. The molecular weight excluding hydrogens is 442 g/mol. The molecule has 1 heterocycles. The SMILES string of the molecule is COCC(C)OC(=O)Cc1ccccc1NC(=O)c1cc(-c2cccc(CN)c2)c2[nH]ccc2c1. The summed E-state index contributed by atoms with van der Waals surface area (Å²) in [5.41, 5.74) is 11.4. The molecule has 1 aromatic heterocycles. The van der Waals surface area contributed by atoms with Crippen molar-refractivity contribution in [2.75, 3.05) is 19.0 Å².